The number of amides is 1. The van der Waals surface area contributed by atoms with Crippen LogP contribution in [-0.4, -0.2) is 60.7 Å². The van der Waals surface area contributed by atoms with Gasteiger partial charge >= 0.3 is 0 Å². The molecule has 2 aromatic carbocycles. The van der Waals surface area contributed by atoms with E-state index in [0.29, 0.717) is 37.7 Å². The summed E-state index contributed by atoms with van der Waals surface area (Å²) in [5, 5.41) is 0. The van der Waals surface area contributed by atoms with Crippen molar-refractivity contribution >= 4 is 11.7 Å². The molecule has 4 rings (SSSR count). The molecule has 0 radical (unpaired) electrons. The minimum atomic E-state index is -0.0325. The second-order valence-corrected chi connectivity index (χ2v) is 7.44. The lowest BCUT2D eigenvalue weighted by Crippen LogP contribution is -2.50. The molecule has 1 saturated heterocycles. The van der Waals surface area contributed by atoms with Gasteiger partial charge in [-0.15, -0.1) is 0 Å². The Kier molecular flexibility index (Phi) is 6.31. The first-order valence-electron chi connectivity index (χ1n) is 10.3. The monoisotopic (exact) mass is 418 g/mol. The van der Waals surface area contributed by atoms with E-state index in [1.165, 1.54) is 0 Å². The smallest absolute Gasteiger partial charge is 0.260 e. The lowest BCUT2D eigenvalue weighted by molar-refractivity contribution is -0.133. The number of aromatic nitrogens is 2. The molecule has 2 heterocycles. The average molecular weight is 418 g/mol. The van der Waals surface area contributed by atoms with Crippen molar-refractivity contribution in [3.05, 3.63) is 66.5 Å². The number of piperazine rings is 1. The zero-order chi connectivity index (χ0) is 21.6. The van der Waals surface area contributed by atoms with Gasteiger partial charge in [-0.25, -0.2) is 9.97 Å². The Morgan fingerprint density at radius 1 is 0.968 bits per heavy atom. The average Bonchev–Trinajstić information content (AvgIpc) is 2.83. The normalized spacial score (nSPS) is 13.7. The maximum Gasteiger partial charge on any atom is 0.260 e. The van der Waals surface area contributed by atoms with Crippen LogP contribution in [0, 0.1) is 6.92 Å². The molecule has 160 valence electrons. The van der Waals surface area contributed by atoms with E-state index in [0.717, 1.165) is 22.6 Å². The van der Waals surface area contributed by atoms with Crippen molar-refractivity contribution in [1.29, 1.82) is 0 Å². The molecular formula is C24H26N4O3. The minimum absolute atomic E-state index is 0.00885. The van der Waals surface area contributed by atoms with Crippen molar-refractivity contribution < 1.29 is 14.3 Å². The van der Waals surface area contributed by atoms with Crippen molar-refractivity contribution in [2.45, 2.75) is 6.92 Å². The molecule has 1 fully saturated rings. The van der Waals surface area contributed by atoms with Crippen LogP contribution in [0.2, 0.25) is 0 Å². The molecule has 1 aliphatic heterocycles. The fourth-order valence-corrected chi connectivity index (χ4v) is 3.60. The van der Waals surface area contributed by atoms with Gasteiger partial charge in [-0.2, -0.15) is 0 Å². The number of anilines is 1. The Balaban J connectivity index is 1.33. The first-order chi connectivity index (χ1) is 15.1. The van der Waals surface area contributed by atoms with E-state index in [4.69, 9.17) is 9.47 Å². The molecule has 0 saturated carbocycles. The lowest BCUT2D eigenvalue weighted by atomic mass is 10.1. The number of rotatable bonds is 6. The number of nitrogens with zero attached hydrogens (tertiary/aromatic N) is 4. The third-order valence-electron chi connectivity index (χ3n) is 5.35. The molecule has 1 amide bonds. The maximum atomic E-state index is 12.6. The number of methoxy groups -OCH3 is 1. The number of aryl methyl sites for hydroxylation is 1. The summed E-state index contributed by atoms with van der Waals surface area (Å²) in [6.45, 7) is 4.65. The largest absolute Gasteiger partial charge is 0.493 e. The highest BCUT2D eigenvalue weighted by Crippen LogP contribution is 2.28. The second kappa shape index (κ2) is 9.47. The molecule has 0 spiro atoms. The zero-order valence-corrected chi connectivity index (χ0v) is 17.8. The van der Waals surface area contributed by atoms with Crippen molar-refractivity contribution in [3.63, 3.8) is 0 Å². The Bertz CT molecular complexity index is 1030. The van der Waals surface area contributed by atoms with E-state index in [2.05, 4.69) is 14.9 Å². The molecule has 0 atom stereocenters. The molecule has 0 bridgehead atoms. The lowest BCUT2D eigenvalue weighted by Gasteiger charge is -2.35. The van der Waals surface area contributed by atoms with Crippen LogP contribution in [0.25, 0.3) is 11.3 Å². The predicted octanol–water partition coefficient (Wildman–Crippen LogP) is 3.19. The summed E-state index contributed by atoms with van der Waals surface area (Å²) < 4.78 is 11.1. The number of carbonyl (C=O) groups is 1. The standard InChI is InChI=1S/C24H26N4O3/c1-18-8-9-21(22(14-18)30-2)31-16-24(29)28-12-10-27(11-13-28)23-15-20(25-17-26-23)19-6-4-3-5-7-19/h3-9,14-15,17H,10-13,16H2,1-2H3. The molecule has 0 aliphatic carbocycles. The van der Waals surface area contributed by atoms with Gasteiger partial charge in [0.1, 0.15) is 12.1 Å². The topological polar surface area (TPSA) is 67.8 Å². The van der Waals surface area contributed by atoms with Crippen LogP contribution in [0.5, 0.6) is 11.5 Å². The van der Waals surface area contributed by atoms with Gasteiger partial charge in [0.25, 0.3) is 5.91 Å². The predicted molar refractivity (Wildman–Crippen MR) is 119 cm³/mol. The van der Waals surface area contributed by atoms with E-state index in [1.807, 2.05) is 66.4 Å². The highest BCUT2D eigenvalue weighted by molar-refractivity contribution is 5.78. The maximum absolute atomic E-state index is 12.6. The van der Waals surface area contributed by atoms with Crippen molar-refractivity contribution in [1.82, 2.24) is 14.9 Å². The number of hydrogen-bond donors (Lipinski definition) is 0. The molecule has 7 nitrogen and oxygen atoms in total. The summed E-state index contributed by atoms with van der Waals surface area (Å²) in [4.78, 5) is 25.5. The highest BCUT2D eigenvalue weighted by Gasteiger charge is 2.23. The minimum Gasteiger partial charge on any atom is -0.493 e. The fourth-order valence-electron chi connectivity index (χ4n) is 3.60. The van der Waals surface area contributed by atoms with E-state index < -0.39 is 0 Å². The van der Waals surface area contributed by atoms with Gasteiger partial charge in [0.2, 0.25) is 0 Å². The summed E-state index contributed by atoms with van der Waals surface area (Å²) in [7, 11) is 1.60. The van der Waals surface area contributed by atoms with Crippen LogP contribution >= 0.6 is 0 Å². The van der Waals surface area contributed by atoms with Gasteiger partial charge in [-0.3, -0.25) is 4.79 Å². The highest BCUT2D eigenvalue weighted by atomic mass is 16.5. The van der Waals surface area contributed by atoms with Gasteiger partial charge in [0.15, 0.2) is 18.1 Å². The molecule has 0 unspecified atom stereocenters. The summed E-state index contributed by atoms with van der Waals surface area (Å²) in [6.07, 6.45) is 1.60. The Morgan fingerprint density at radius 3 is 2.48 bits per heavy atom. The van der Waals surface area contributed by atoms with E-state index in [-0.39, 0.29) is 12.5 Å². The van der Waals surface area contributed by atoms with Crippen molar-refractivity contribution in [2.24, 2.45) is 0 Å². The van der Waals surface area contributed by atoms with Gasteiger partial charge in [-0.1, -0.05) is 36.4 Å². The van der Waals surface area contributed by atoms with E-state index in [9.17, 15) is 4.79 Å². The van der Waals surface area contributed by atoms with E-state index >= 15 is 0 Å². The van der Waals surface area contributed by atoms with Crippen LogP contribution in [0.15, 0.2) is 60.9 Å². The van der Waals surface area contributed by atoms with Crippen molar-refractivity contribution in [2.75, 3.05) is 44.8 Å². The molecule has 1 aliphatic rings. The van der Waals surface area contributed by atoms with E-state index in [1.54, 1.807) is 13.4 Å². The van der Waals surface area contributed by atoms with Gasteiger partial charge in [-0.05, 0) is 24.6 Å². The number of ether oxygens (including phenoxy) is 2. The number of hydrogen-bond acceptors (Lipinski definition) is 6. The summed E-state index contributed by atoms with van der Waals surface area (Å²) in [6, 6.07) is 17.7. The number of carbonyl (C=O) groups excluding carboxylic acids is 1. The molecule has 1 aromatic heterocycles. The Morgan fingerprint density at radius 2 is 1.74 bits per heavy atom. The zero-order valence-electron chi connectivity index (χ0n) is 17.8. The van der Waals surface area contributed by atoms with Crippen LogP contribution < -0.4 is 14.4 Å². The molecule has 7 heteroatoms. The molecule has 3 aromatic rings. The number of benzene rings is 2. The second-order valence-electron chi connectivity index (χ2n) is 7.44. The fraction of sp³-hybridized carbons (Fsp3) is 0.292. The van der Waals surface area contributed by atoms with Gasteiger partial charge in [0, 0.05) is 37.8 Å². The molecule has 0 N–H and O–H groups in total. The van der Waals surface area contributed by atoms with Crippen LogP contribution in [-0.2, 0) is 4.79 Å². The Hall–Kier alpha value is -3.61. The van der Waals surface area contributed by atoms with Gasteiger partial charge in [0.05, 0.1) is 12.8 Å². The van der Waals surface area contributed by atoms with Gasteiger partial charge < -0.3 is 19.3 Å². The van der Waals surface area contributed by atoms with Crippen LogP contribution in [0.3, 0.4) is 0 Å². The van der Waals surface area contributed by atoms with Crippen LogP contribution in [0.1, 0.15) is 5.56 Å². The Labute approximate surface area is 182 Å². The van der Waals surface area contributed by atoms with Crippen LogP contribution in [0.4, 0.5) is 5.82 Å². The van der Waals surface area contributed by atoms with Crippen molar-refractivity contribution in [3.8, 4) is 22.8 Å². The molecule has 31 heavy (non-hydrogen) atoms. The third kappa shape index (κ3) is 4.94. The quantitative estimate of drug-likeness (QED) is 0.613. The molecular weight excluding hydrogens is 392 g/mol. The first kappa shape index (κ1) is 20.7. The first-order valence-corrected chi connectivity index (χ1v) is 10.3. The third-order valence-corrected chi connectivity index (χ3v) is 5.35. The summed E-state index contributed by atoms with van der Waals surface area (Å²) in [5.41, 5.74) is 3.03. The summed E-state index contributed by atoms with van der Waals surface area (Å²) in [5.74, 6) is 2.06. The summed E-state index contributed by atoms with van der Waals surface area (Å²) >= 11 is 0. The SMILES string of the molecule is COc1cc(C)ccc1OCC(=O)N1CCN(c2cc(-c3ccccc3)ncn2)CC1.